The fraction of sp³-hybridized carbons (Fsp3) is 0.107. The van der Waals surface area contributed by atoms with Crippen LogP contribution in [0.1, 0.15) is 5.56 Å². The number of hydrogen-bond acceptors (Lipinski definition) is 2. The SMILES string of the molecule is COc1ccccc1-c1ncn(Cc2cccc(-c3ccccc3)c2)c1-c1cccn1C. The van der Waals surface area contributed by atoms with Crippen LogP contribution in [0.3, 0.4) is 0 Å². The monoisotopic (exact) mass is 419 g/mol. The molecule has 0 aliphatic heterocycles. The van der Waals surface area contributed by atoms with Gasteiger partial charge in [-0.25, -0.2) is 4.98 Å². The molecule has 5 rings (SSSR count). The Morgan fingerprint density at radius 3 is 2.38 bits per heavy atom. The standard InChI is InChI=1S/C28H25N3O/c1-30-17-9-15-25(30)28-27(24-14-6-7-16-26(24)32-2)29-20-31(28)19-21-10-8-13-23(18-21)22-11-4-3-5-12-22/h3-18,20H,19H2,1-2H3. The van der Waals surface area contributed by atoms with Gasteiger partial charge in [0.05, 0.1) is 24.8 Å². The topological polar surface area (TPSA) is 32.0 Å². The van der Waals surface area contributed by atoms with Crippen LogP contribution in [-0.4, -0.2) is 21.2 Å². The molecule has 0 bridgehead atoms. The summed E-state index contributed by atoms with van der Waals surface area (Å²) in [5.74, 6) is 0.819. The summed E-state index contributed by atoms with van der Waals surface area (Å²) in [6, 6.07) is 31.4. The lowest BCUT2D eigenvalue weighted by Crippen LogP contribution is -2.04. The summed E-state index contributed by atoms with van der Waals surface area (Å²) < 4.78 is 9.99. The Kier molecular flexibility index (Phi) is 5.34. The Morgan fingerprint density at radius 2 is 1.59 bits per heavy atom. The number of aromatic nitrogens is 3. The van der Waals surface area contributed by atoms with E-state index in [2.05, 4.69) is 89.1 Å². The van der Waals surface area contributed by atoms with Crippen molar-refractivity contribution in [2.24, 2.45) is 7.05 Å². The highest BCUT2D eigenvalue weighted by molar-refractivity contribution is 5.80. The van der Waals surface area contributed by atoms with Crippen molar-refractivity contribution in [3.8, 4) is 39.5 Å². The summed E-state index contributed by atoms with van der Waals surface area (Å²) in [7, 11) is 3.77. The maximum absolute atomic E-state index is 5.64. The van der Waals surface area contributed by atoms with Gasteiger partial charge < -0.3 is 13.9 Å². The zero-order valence-corrected chi connectivity index (χ0v) is 18.3. The maximum atomic E-state index is 5.64. The van der Waals surface area contributed by atoms with E-state index in [0.29, 0.717) is 0 Å². The van der Waals surface area contributed by atoms with Crippen molar-refractivity contribution in [2.45, 2.75) is 6.54 Å². The maximum Gasteiger partial charge on any atom is 0.128 e. The van der Waals surface area contributed by atoms with Crippen LogP contribution >= 0.6 is 0 Å². The van der Waals surface area contributed by atoms with Crippen LogP contribution in [0, 0.1) is 0 Å². The smallest absolute Gasteiger partial charge is 0.128 e. The van der Waals surface area contributed by atoms with E-state index < -0.39 is 0 Å². The quantitative estimate of drug-likeness (QED) is 0.324. The van der Waals surface area contributed by atoms with Gasteiger partial charge in [-0.2, -0.15) is 0 Å². The van der Waals surface area contributed by atoms with Crippen LogP contribution in [0.5, 0.6) is 5.75 Å². The first-order valence-electron chi connectivity index (χ1n) is 10.7. The number of imidazole rings is 1. The lowest BCUT2D eigenvalue weighted by molar-refractivity contribution is 0.416. The van der Waals surface area contributed by atoms with E-state index in [-0.39, 0.29) is 0 Å². The predicted octanol–water partition coefficient (Wildman–Crippen LogP) is 6.28. The molecule has 0 saturated carbocycles. The molecule has 4 heteroatoms. The van der Waals surface area contributed by atoms with Gasteiger partial charge in [-0.1, -0.05) is 60.7 Å². The third-order valence-corrected chi connectivity index (χ3v) is 5.77. The minimum atomic E-state index is 0.726. The Labute approximate surface area is 188 Å². The number of nitrogens with zero attached hydrogens (tertiary/aromatic N) is 3. The van der Waals surface area contributed by atoms with E-state index in [1.54, 1.807) is 7.11 Å². The number of hydrogen-bond donors (Lipinski definition) is 0. The number of methoxy groups -OCH3 is 1. The van der Waals surface area contributed by atoms with Crippen LogP contribution in [0.4, 0.5) is 0 Å². The molecular formula is C28H25N3O. The average Bonchev–Trinajstić information content (AvgIpc) is 3.45. The molecule has 4 nitrogen and oxygen atoms in total. The van der Waals surface area contributed by atoms with Gasteiger partial charge in [-0.3, -0.25) is 0 Å². The molecule has 2 heterocycles. The van der Waals surface area contributed by atoms with Crippen LogP contribution in [0.25, 0.3) is 33.8 Å². The summed E-state index contributed by atoms with van der Waals surface area (Å²) in [6.07, 6.45) is 3.99. The molecule has 0 radical (unpaired) electrons. The molecule has 3 aromatic carbocycles. The van der Waals surface area contributed by atoms with Crippen molar-refractivity contribution < 1.29 is 4.74 Å². The van der Waals surface area contributed by atoms with Crippen LogP contribution < -0.4 is 4.74 Å². The van der Waals surface area contributed by atoms with Crippen LogP contribution in [0.15, 0.2) is 104 Å². The lowest BCUT2D eigenvalue weighted by atomic mass is 10.0. The number of rotatable bonds is 6. The second-order valence-electron chi connectivity index (χ2n) is 7.84. The predicted molar refractivity (Wildman–Crippen MR) is 130 cm³/mol. The molecule has 2 aromatic heterocycles. The van der Waals surface area contributed by atoms with Crippen molar-refractivity contribution >= 4 is 0 Å². The molecule has 0 aliphatic rings. The van der Waals surface area contributed by atoms with Gasteiger partial charge in [0, 0.05) is 25.4 Å². The zero-order valence-electron chi connectivity index (χ0n) is 18.3. The second kappa shape index (κ2) is 8.60. The van der Waals surface area contributed by atoms with Gasteiger partial charge in [0.2, 0.25) is 0 Å². The highest BCUT2D eigenvalue weighted by Crippen LogP contribution is 2.36. The lowest BCUT2D eigenvalue weighted by Gasteiger charge is -2.14. The van der Waals surface area contributed by atoms with Gasteiger partial charge in [-0.05, 0) is 47.0 Å². The Hall–Kier alpha value is -4.05. The van der Waals surface area contributed by atoms with E-state index in [0.717, 1.165) is 34.9 Å². The number of para-hydroxylation sites is 1. The largest absolute Gasteiger partial charge is 0.496 e. The summed E-state index contributed by atoms with van der Waals surface area (Å²) in [5.41, 5.74) is 7.76. The normalized spacial score (nSPS) is 10.9. The number of aryl methyl sites for hydroxylation is 1. The van der Waals surface area contributed by atoms with Crippen molar-refractivity contribution in [1.82, 2.24) is 14.1 Å². The van der Waals surface area contributed by atoms with Crippen LogP contribution in [0.2, 0.25) is 0 Å². The molecular weight excluding hydrogens is 394 g/mol. The summed E-state index contributed by atoms with van der Waals surface area (Å²) in [6.45, 7) is 0.726. The van der Waals surface area contributed by atoms with Crippen molar-refractivity contribution in [3.63, 3.8) is 0 Å². The first kappa shape index (κ1) is 19.9. The Bertz CT molecular complexity index is 1350. The van der Waals surface area contributed by atoms with Crippen molar-refractivity contribution in [1.29, 1.82) is 0 Å². The van der Waals surface area contributed by atoms with Gasteiger partial charge in [0.1, 0.15) is 11.4 Å². The molecule has 0 fully saturated rings. The first-order chi connectivity index (χ1) is 15.7. The third kappa shape index (κ3) is 3.71. The van der Waals surface area contributed by atoms with Gasteiger partial charge in [-0.15, -0.1) is 0 Å². The Balaban J connectivity index is 1.60. The molecule has 158 valence electrons. The highest BCUT2D eigenvalue weighted by atomic mass is 16.5. The molecule has 0 spiro atoms. The first-order valence-corrected chi connectivity index (χ1v) is 10.7. The van der Waals surface area contributed by atoms with E-state index in [1.165, 1.54) is 16.7 Å². The molecule has 0 unspecified atom stereocenters. The average molecular weight is 420 g/mol. The molecule has 0 atom stereocenters. The van der Waals surface area contributed by atoms with Gasteiger partial charge >= 0.3 is 0 Å². The van der Waals surface area contributed by atoms with E-state index in [1.807, 2.05) is 30.6 Å². The molecule has 5 aromatic rings. The summed E-state index contributed by atoms with van der Waals surface area (Å²) in [4.78, 5) is 4.84. The number of ether oxygens (including phenoxy) is 1. The van der Waals surface area contributed by atoms with E-state index in [9.17, 15) is 0 Å². The minimum Gasteiger partial charge on any atom is -0.496 e. The molecule has 0 saturated heterocycles. The fourth-order valence-corrected chi connectivity index (χ4v) is 4.19. The number of benzene rings is 3. The molecule has 0 N–H and O–H groups in total. The molecule has 0 amide bonds. The third-order valence-electron chi connectivity index (χ3n) is 5.77. The molecule has 32 heavy (non-hydrogen) atoms. The van der Waals surface area contributed by atoms with E-state index in [4.69, 9.17) is 9.72 Å². The second-order valence-corrected chi connectivity index (χ2v) is 7.84. The minimum absolute atomic E-state index is 0.726. The summed E-state index contributed by atoms with van der Waals surface area (Å²) in [5, 5.41) is 0. The highest BCUT2D eigenvalue weighted by Gasteiger charge is 2.19. The summed E-state index contributed by atoms with van der Waals surface area (Å²) >= 11 is 0. The van der Waals surface area contributed by atoms with Crippen molar-refractivity contribution in [2.75, 3.05) is 7.11 Å². The van der Waals surface area contributed by atoms with E-state index >= 15 is 0 Å². The van der Waals surface area contributed by atoms with Gasteiger partial charge in [0.15, 0.2) is 0 Å². The Morgan fingerprint density at radius 1 is 0.812 bits per heavy atom. The van der Waals surface area contributed by atoms with Crippen molar-refractivity contribution in [3.05, 3.63) is 109 Å². The fourth-order valence-electron chi connectivity index (χ4n) is 4.19. The van der Waals surface area contributed by atoms with Gasteiger partial charge in [0.25, 0.3) is 0 Å². The zero-order chi connectivity index (χ0) is 21.9. The molecule has 0 aliphatic carbocycles. The van der Waals surface area contributed by atoms with Crippen LogP contribution in [-0.2, 0) is 13.6 Å².